The van der Waals surface area contributed by atoms with Gasteiger partial charge < -0.3 is 15.5 Å². The van der Waals surface area contributed by atoms with Crippen LogP contribution in [-0.4, -0.2) is 26.7 Å². The molecule has 1 heterocycles. The van der Waals surface area contributed by atoms with Crippen LogP contribution in [-0.2, 0) is 12.8 Å². The van der Waals surface area contributed by atoms with Crippen molar-refractivity contribution in [1.82, 2.24) is 9.97 Å². The number of phenolic OH excluding ortho intramolecular Hbond substituents is 1. The molecule has 0 spiro atoms. The lowest BCUT2D eigenvalue weighted by Gasteiger charge is -2.14. The van der Waals surface area contributed by atoms with Gasteiger partial charge in [0.2, 0.25) is 0 Å². The number of aliphatic hydroxyl groups excluding tert-OH is 1. The molecule has 0 saturated heterocycles. The highest BCUT2D eigenvalue weighted by Crippen LogP contribution is 2.25. The molecule has 0 amide bonds. The van der Waals surface area contributed by atoms with Crippen molar-refractivity contribution >= 4 is 5.82 Å². The Morgan fingerprint density at radius 2 is 1.95 bits per heavy atom. The molecule has 0 saturated carbocycles. The number of aromatic nitrogens is 2. The van der Waals surface area contributed by atoms with Gasteiger partial charge in [-0.1, -0.05) is 12.1 Å². The zero-order chi connectivity index (χ0) is 13.9. The van der Waals surface area contributed by atoms with Crippen molar-refractivity contribution in [3.63, 3.8) is 0 Å². The van der Waals surface area contributed by atoms with Gasteiger partial charge in [-0.3, -0.25) is 0 Å². The van der Waals surface area contributed by atoms with E-state index in [9.17, 15) is 10.2 Å². The van der Waals surface area contributed by atoms with Crippen LogP contribution < -0.4 is 5.32 Å². The van der Waals surface area contributed by atoms with E-state index in [-0.39, 0.29) is 5.75 Å². The molecule has 0 radical (unpaired) electrons. The predicted octanol–water partition coefficient (Wildman–Crippen LogP) is 1.82. The molecule has 2 aromatic rings. The molecule has 1 unspecified atom stereocenters. The molecular formula is C15H17N3O2. The van der Waals surface area contributed by atoms with Gasteiger partial charge in [0.05, 0.1) is 6.10 Å². The lowest BCUT2D eigenvalue weighted by molar-refractivity contribution is 0.191. The van der Waals surface area contributed by atoms with Gasteiger partial charge in [-0.25, -0.2) is 9.97 Å². The number of rotatable bonds is 4. The topological polar surface area (TPSA) is 78.3 Å². The van der Waals surface area contributed by atoms with E-state index in [2.05, 4.69) is 15.3 Å². The van der Waals surface area contributed by atoms with Crippen molar-refractivity contribution in [2.24, 2.45) is 0 Å². The highest BCUT2D eigenvalue weighted by atomic mass is 16.3. The van der Waals surface area contributed by atoms with Gasteiger partial charge in [-0.15, -0.1) is 0 Å². The van der Waals surface area contributed by atoms with Crippen molar-refractivity contribution in [1.29, 1.82) is 0 Å². The van der Waals surface area contributed by atoms with E-state index in [4.69, 9.17) is 0 Å². The normalized spacial score (nSPS) is 14.8. The molecule has 3 rings (SSSR count). The van der Waals surface area contributed by atoms with Gasteiger partial charge in [0, 0.05) is 17.8 Å². The number of hydrogen-bond donors (Lipinski definition) is 3. The zero-order valence-electron chi connectivity index (χ0n) is 11.1. The number of aryl methyl sites for hydroxylation is 1. The van der Waals surface area contributed by atoms with E-state index < -0.39 is 6.10 Å². The van der Waals surface area contributed by atoms with E-state index in [1.54, 1.807) is 30.6 Å². The van der Waals surface area contributed by atoms with E-state index in [1.807, 2.05) is 0 Å². The van der Waals surface area contributed by atoms with E-state index >= 15 is 0 Å². The summed E-state index contributed by atoms with van der Waals surface area (Å²) < 4.78 is 0. The molecule has 1 aliphatic carbocycles. The summed E-state index contributed by atoms with van der Waals surface area (Å²) in [4.78, 5) is 8.53. The van der Waals surface area contributed by atoms with Gasteiger partial charge in [0.15, 0.2) is 0 Å². The molecule has 1 aliphatic rings. The molecule has 5 heteroatoms. The van der Waals surface area contributed by atoms with E-state index in [0.717, 1.165) is 36.3 Å². The third-order valence-corrected chi connectivity index (χ3v) is 3.62. The Labute approximate surface area is 117 Å². The van der Waals surface area contributed by atoms with Crippen LogP contribution in [0.2, 0.25) is 0 Å². The quantitative estimate of drug-likeness (QED) is 0.790. The lowest BCUT2D eigenvalue weighted by atomic mass is 10.1. The smallest absolute Gasteiger partial charge is 0.132 e. The summed E-state index contributed by atoms with van der Waals surface area (Å²) in [5, 5.41) is 22.6. The molecule has 3 N–H and O–H groups in total. The Morgan fingerprint density at radius 1 is 1.15 bits per heavy atom. The standard InChI is InChI=1S/C15H17N3O2/c19-11-6-4-10(5-7-11)14(20)8-16-15-12-2-1-3-13(12)17-9-18-15/h4-7,9,14,19-20H,1-3,8H2,(H,16,17,18). The second-order valence-corrected chi connectivity index (χ2v) is 4.99. The van der Waals surface area contributed by atoms with Gasteiger partial charge in [-0.05, 0) is 37.0 Å². The maximum atomic E-state index is 10.1. The molecule has 1 atom stereocenters. The number of aliphatic hydroxyl groups is 1. The maximum absolute atomic E-state index is 10.1. The van der Waals surface area contributed by atoms with Gasteiger partial charge in [0.25, 0.3) is 0 Å². The average molecular weight is 271 g/mol. The summed E-state index contributed by atoms with van der Waals surface area (Å²) in [5.41, 5.74) is 3.05. The van der Waals surface area contributed by atoms with E-state index in [1.165, 1.54) is 5.56 Å². The van der Waals surface area contributed by atoms with Crippen LogP contribution >= 0.6 is 0 Å². The minimum atomic E-state index is -0.636. The number of anilines is 1. The predicted molar refractivity (Wildman–Crippen MR) is 75.6 cm³/mol. The third-order valence-electron chi connectivity index (χ3n) is 3.62. The number of benzene rings is 1. The van der Waals surface area contributed by atoms with Gasteiger partial charge >= 0.3 is 0 Å². The molecule has 1 aromatic carbocycles. The first-order valence-electron chi connectivity index (χ1n) is 6.77. The van der Waals surface area contributed by atoms with Crippen molar-refractivity contribution < 1.29 is 10.2 Å². The highest BCUT2D eigenvalue weighted by Gasteiger charge is 2.17. The zero-order valence-corrected chi connectivity index (χ0v) is 11.1. The second-order valence-electron chi connectivity index (χ2n) is 4.99. The third kappa shape index (κ3) is 2.58. The Balaban J connectivity index is 1.68. The Kier molecular flexibility index (Phi) is 3.52. The number of phenols is 1. The Morgan fingerprint density at radius 3 is 2.75 bits per heavy atom. The summed E-state index contributed by atoms with van der Waals surface area (Å²) in [6.45, 7) is 0.383. The van der Waals surface area contributed by atoms with Crippen molar-refractivity contribution in [3.8, 4) is 5.75 Å². The minimum Gasteiger partial charge on any atom is -0.508 e. The minimum absolute atomic E-state index is 0.197. The second kappa shape index (κ2) is 5.46. The summed E-state index contributed by atoms with van der Waals surface area (Å²) in [6, 6.07) is 6.57. The lowest BCUT2D eigenvalue weighted by Crippen LogP contribution is -2.14. The van der Waals surface area contributed by atoms with Crippen LogP contribution in [0, 0.1) is 0 Å². The van der Waals surface area contributed by atoms with E-state index in [0.29, 0.717) is 6.54 Å². The molecule has 0 aliphatic heterocycles. The van der Waals surface area contributed by atoms with Crippen LogP contribution in [0.25, 0.3) is 0 Å². The fraction of sp³-hybridized carbons (Fsp3) is 0.333. The molecular weight excluding hydrogens is 254 g/mol. The van der Waals surface area contributed by atoms with Gasteiger partial charge in [-0.2, -0.15) is 0 Å². The first-order chi connectivity index (χ1) is 9.74. The maximum Gasteiger partial charge on any atom is 0.132 e. The van der Waals surface area contributed by atoms with Gasteiger partial charge in [0.1, 0.15) is 17.9 Å². The van der Waals surface area contributed by atoms with Crippen LogP contribution in [0.1, 0.15) is 29.3 Å². The Bertz CT molecular complexity index is 599. The fourth-order valence-electron chi connectivity index (χ4n) is 2.52. The molecule has 0 fully saturated rings. The molecule has 104 valence electrons. The fourth-order valence-corrected chi connectivity index (χ4v) is 2.52. The number of fused-ring (bicyclic) bond motifs is 1. The molecule has 1 aromatic heterocycles. The van der Waals surface area contributed by atoms with Crippen molar-refractivity contribution in [3.05, 3.63) is 47.4 Å². The molecule has 0 bridgehead atoms. The summed E-state index contributed by atoms with van der Waals surface area (Å²) >= 11 is 0. The average Bonchev–Trinajstić information content (AvgIpc) is 2.94. The summed E-state index contributed by atoms with van der Waals surface area (Å²) in [5.74, 6) is 1.02. The van der Waals surface area contributed by atoms with Crippen molar-refractivity contribution in [2.45, 2.75) is 25.4 Å². The monoisotopic (exact) mass is 271 g/mol. The molecule has 5 nitrogen and oxygen atoms in total. The Hall–Kier alpha value is -2.14. The number of aromatic hydroxyl groups is 1. The SMILES string of the molecule is Oc1ccc(C(O)CNc2ncnc3c2CCC3)cc1. The van der Waals surface area contributed by atoms with Crippen LogP contribution in [0.15, 0.2) is 30.6 Å². The number of hydrogen-bond acceptors (Lipinski definition) is 5. The summed E-state index contributed by atoms with van der Waals surface area (Å²) in [7, 11) is 0. The van der Waals surface area contributed by atoms with Crippen LogP contribution in [0.3, 0.4) is 0 Å². The number of nitrogens with zero attached hydrogens (tertiary/aromatic N) is 2. The number of nitrogens with one attached hydrogen (secondary N) is 1. The van der Waals surface area contributed by atoms with Crippen LogP contribution in [0.5, 0.6) is 5.75 Å². The summed E-state index contributed by atoms with van der Waals surface area (Å²) in [6.07, 6.45) is 4.05. The molecule has 20 heavy (non-hydrogen) atoms. The van der Waals surface area contributed by atoms with Crippen LogP contribution in [0.4, 0.5) is 5.82 Å². The van der Waals surface area contributed by atoms with Crippen molar-refractivity contribution in [2.75, 3.05) is 11.9 Å². The highest BCUT2D eigenvalue weighted by molar-refractivity contribution is 5.48. The first kappa shape index (κ1) is 12.9. The largest absolute Gasteiger partial charge is 0.508 e. The first-order valence-corrected chi connectivity index (χ1v) is 6.77.